The Balaban J connectivity index is 1.99. The second kappa shape index (κ2) is 7.71. The monoisotopic (exact) mass is 371 g/mol. The van der Waals surface area contributed by atoms with E-state index in [0.29, 0.717) is 16.8 Å². The standard InChI is InChI=1S/C19H22FN5O2/c1-10(18(26)11-2-3-11)25-17(15(6-21)19(22)27)16-5-13(8-24-16)12-4-14(20)9-23-7-12/h4-11,18,24,26H,2-3,21H2,1H3,(H2,22,27)/t10-,18?/m1/s1. The summed E-state index contributed by atoms with van der Waals surface area (Å²) in [6.07, 6.45) is 6.72. The van der Waals surface area contributed by atoms with E-state index in [1.807, 2.05) is 0 Å². The van der Waals surface area contributed by atoms with Crippen molar-refractivity contribution in [2.45, 2.75) is 31.9 Å². The van der Waals surface area contributed by atoms with Crippen molar-refractivity contribution in [1.29, 1.82) is 0 Å². The van der Waals surface area contributed by atoms with E-state index < -0.39 is 23.9 Å². The molecule has 2 heterocycles. The molecule has 1 aliphatic carbocycles. The number of hydrogen-bond donors (Lipinski definition) is 4. The van der Waals surface area contributed by atoms with Crippen LogP contribution >= 0.6 is 0 Å². The number of nitrogens with one attached hydrogen (secondary N) is 1. The van der Waals surface area contributed by atoms with E-state index in [1.165, 1.54) is 12.3 Å². The Morgan fingerprint density at radius 1 is 1.41 bits per heavy atom. The molecule has 0 radical (unpaired) electrons. The molecular weight excluding hydrogens is 349 g/mol. The third kappa shape index (κ3) is 4.22. The van der Waals surface area contributed by atoms with Gasteiger partial charge in [0.15, 0.2) is 0 Å². The zero-order chi connectivity index (χ0) is 19.6. The molecule has 0 saturated heterocycles. The van der Waals surface area contributed by atoms with E-state index in [2.05, 4.69) is 15.0 Å². The highest BCUT2D eigenvalue weighted by Gasteiger charge is 2.33. The molecule has 0 bridgehead atoms. The van der Waals surface area contributed by atoms with Crippen molar-refractivity contribution in [3.8, 4) is 11.1 Å². The predicted molar refractivity (Wildman–Crippen MR) is 100 cm³/mol. The fourth-order valence-electron chi connectivity index (χ4n) is 2.94. The lowest BCUT2D eigenvalue weighted by Gasteiger charge is -2.16. The summed E-state index contributed by atoms with van der Waals surface area (Å²) in [4.78, 5) is 23.2. The van der Waals surface area contributed by atoms with Crippen LogP contribution in [0.2, 0.25) is 0 Å². The van der Waals surface area contributed by atoms with Gasteiger partial charge in [0.25, 0.3) is 5.91 Å². The number of pyridine rings is 1. The SMILES string of the molecule is C[C@@H](N=C(C(=CN)C(N)=O)c1cc(-c2cncc(F)c2)c[nH]1)C(O)C1CC1. The zero-order valence-corrected chi connectivity index (χ0v) is 14.9. The molecule has 0 aromatic carbocycles. The number of primary amides is 1. The molecule has 6 N–H and O–H groups in total. The van der Waals surface area contributed by atoms with Gasteiger partial charge in [-0.15, -0.1) is 0 Å². The molecule has 0 aliphatic heterocycles. The third-order valence-corrected chi connectivity index (χ3v) is 4.60. The van der Waals surface area contributed by atoms with Crippen LogP contribution in [-0.2, 0) is 4.79 Å². The predicted octanol–water partition coefficient (Wildman–Crippen LogP) is 1.49. The Hall–Kier alpha value is -3.00. The second-order valence-electron chi connectivity index (χ2n) is 6.68. The molecule has 7 nitrogen and oxygen atoms in total. The first-order valence-electron chi connectivity index (χ1n) is 8.68. The van der Waals surface area contributed by atoms with Crippen LogP contribution < -0.4 is 11.5 Å². The Bertz CT molecular complexity index is 901. The maximum Gasteiger partial charge on any atom is 0.252 e. The molecule has 2 aromatic rings. The number of H-pyrrole nitrogens is 1. The number of aromatic nitrogens is 2. The van der Waals surface area contributed by atoms with Crippen LogP contribution in [0.25, 0.3) is 11.1 Å². The number of aliphatic hydroxyl groups is 1. The number of aliphatic imine (C=N–C) groups is 1. The van der Waals surface area contributed by atoms with Gasteiger partial charge in [0.2, 0.25) is 0 Å². The molecule has 142 valence electrons. The van der Waals surface area contributed by atoms with Crippen LogP contribution in [0, 0.1) is 11.7 Å². The van der Waals surface area contributed by atoms with Crippen LogP contribution in [0.15, 0.2) is 47.5 Å². The zero-order valence-electron chi connectivity index (χ0n) is 14.9. The Morgan fingerprint density at radius 2 is 2.15 bits per heavy atom. The van der Waals surface area contributed by atoms with Gasteiger partial charge in [-0.05, 0) is 37.8 Å². The normalized spacial score (nSPS) is 17.6. The van der Waals surface area contributed by atoms with E-state index in [1.54, 1.807) is 19.2 Å². The fraction of sp³-hybridized carbons (Fsp3) is 0.316. The number of carbonyl (C=O) groups is 1. The van der Waals surface area contributed by atoms with Crippen LogP contribution in [-0.4, -0.2) is 38.8 Å². The van der Waals surface area contributed by atoms with Crippen LogP contribution in [0.5, 0.6) is 0 Å². The van der Waals surface area contributed by atoms with Gasteiger partial charge >= 0.3 is 0 Å². The van der Waals surface area contributed by atoms with Crippen molar-refractivity contribution in [3.05, 3.63) is 54.0 Å². The molecule has 3 rings (SSSR count). The molecule has 8 heteroatoms. The van der Waals surface area contributed by atoms with Gasteiger partial charge in [-0.3, -0.25) is 14.8 Å². The van der Waals surface area contributed by atoms with Gasteiger partial charge in [-0.1, -0.05) is 0 Å². The lowest BCUT2D eigenvalue weighted by molar-refractivity contribution is -0.114. The van der Waals surface area contributed by atoms with E-state index in [4.69, 9.17) is 11.5 Å². The lowest BCUT2D eigenvalue weighted by atomic mass is 10.0. The van der Waals surface area contributed by atoms with E-state index in [0.717, 1.165) is 25.2 Å². The number of aliphatic hydroxyl groups excluding tert-OH is 1. The first kappa shape index (κ1) is 18.8. The number of nitrogens with two attached hydrogens (primary N) is 2. The molecule has 2 atom stereocenters. The summed E-state index contributed by atoms with van der Waals surface area (Å²) in [6.45, 7) is 1.78. The molecule has 1 saturated carbocycles. The minimum absolute atomic E-state index is 0.0376. The van der Waals surface area contributed by atoms with E-state index in [-0.39, 0.29) is 17.2 Å². The maximum atomic E-state index is 13.4. The van der Waals surface area contributed by atoms with Crippen molar-refractivity contribution in [2.75, 3.05) is 0 Å². The van der Waals surface area contributed by atoms with Gasteiger partial charge < -0.3 is 21.6 Å². The van der Waals surface area contributed by atoms with Crippen LogP contribution in [0.1, 0.15) is 25.5 Å². The molecule has 1 fully saturated rings. The van der Waals surface area contributed by atoms with Crippen molar-refractivity contribution < 1.29 is 14.3 Å². The molecule has 1 unspecified atom stereocenters. The summed E-state index contributed by atoms with van der Waals surface area (Å²) in [5.41, 5.74) is 13.1. The molecule has 1 aliphatic rings. The summed E-state index contributed by atoms with van der Waals surface area (Å²) in [6, 6.07) is 2.62. The number of nitrogens with zero attached hydrogens (tertiary/aromatic N) is 2. The number of carbonyl (C=O) groups excluding carboxylic acids is 1. The molecule has 0 spiro atoms. The van der Waals surface area contributed by atoms with Crippen LogP contribution in [0.4, 0.5) is 4.39 Å². The summed E-state index contributed by atoms with van der Waals surface area (Å²) in [5, 5.41) is 10.3. The Labute approximate surface area is 156 Å². The molecule has 2 aromatic heterocycles. The van der Waals surface area contributed by atoms with Gasteiger partial charge in [0.05, 0.1) is 35.3 Å². The number of halogens is 1. The number of hydrogen-bond acceptors (Lipinski definition) is 5. The number of amides is 1. The lowest BCUT2D eigenvalue weighted by Crippen LogP contribution is -2.28. The summed E-state index contributed by atoms with van der Waals surface area (Å²) >= 11 is 0. The van der Waals surface area contributed by atoms with Gasteiger partial charge in [-0.25, -0.2) is 4.39 Å². The number of aromatic amines is 1. The maximum absolute atomic E-state index is 13.4. The third-order valence-electron chi connectivity index (χ3n) is 4.60. The average molecular weight is 371 g/mol. The van der Waals surface area contributed by atoms with Crippen molar-refractivity contribution in [1.82, 2.24) is 9.97 Å². The average Bonchev–Trinajstić information content (AvgIpc) is 3.37. The fourth-order valence-corrected chi connectivity index (χ4v) is 2.94. The van der Waals surface area contributed by atoms with Gasteiger partial charge in [0, 0.05) is 29.7 Å². The first-order chi connectivity index (χ1) is 12.9. The van der Waals surface area contributed by atoms with E-state index >= 15 is 0 Å². The highest BCUT2D eigenvalue weighted by atomic mass is 19.1. The molecular formula is C19H22FN5O2. The smallest absolute Gasteiger partial charge is 0.252 e. The van der Waals surface area contributed by atoms with Crippen molar-refractivity contribution in [3.63, 3.8) is 0 Å². The van der Waals surface area contributed by atoms with E-state index in [9.17, 15) is 14.3 Å². The first-order valence-corrected chi connectivity index (χ1v) is 8.68. The topological polar surface area (TPSA) is 130 Å². The minimum Gasteiger partial charge on any atom is -0.404 e. The summed E-state index contributed by atoms with van der Waals surface area (Å²) < 4.78 is 13.4. The second-order valence-corrected chi connectivity index (χ2v) is 6.68. The largest absolute Gasteiger partial charge is 0.404 e. The number of rotatable bonds is 7. The van der Waals surface area contributed by atoms with Gasteiger partial charge in [0.1, 0.15) is 5.82 Å². The van der Waals surface area contributed by atoms with Gasteiger partial charge in [-0.2, -0.15) is 0 Å². The Kier molecular flexibility index (Phi) is 5.36. The quantitative estimate of drug-likeness (QED) is 0.434. The Morgan fingerprint density at radius 3 is 2.74 bits per heavy atom. The van der Waals surface area contributed by atoms with Crippen molar-refractivity contribution in [2.24, 2.45) is 22.4 Å². The highest BCUT2D eigenvalue weighted by molar-refractivity contribution is 6.27. The minimum atomic E-state index is -0.729. The summed E-state index contributed by atoms with van der Waals surface area (Å²) in [5.74, 6) is -0.959. The highest BCUT2D eigenvalue weighted by Crippen LogP contribution is 2.35. The van der Waals surface area contributed by atoms with Crippen molar-refractivity contribution >= 4 is 11.6 Å². The summed E-state index contributed by atoms with van der Waals surface area (Å²) in [7, 11) is 0. The molecule has 1 amide bonds. The molecule has 27 heavy (non-hydrogen) atoms. The van der Waals surface area contributed by atoms with Crippen LogP contribution in [0.3, 0.4) is 0 Å².